The van der Waals surface area contributed by atoms with Gasteiger partial charge < -0.3 is 10.2 Å². The van der Waals surface area contributed by atoms with E-state index in [1.54, 1.807) is 12.1 Å². The summed E-state index contributed by atoms with van der Waals surface area (Å²) in [6.45, 7) is 1.90. The number of thiophene rings is 1. The molecule has 5 heteroatoms. The van der Waals surface area contributed by atoms with Gasteiger partial charge in [0.25, 0.3) is 0 Å². The maximum atomic E-state index is 11.3. The summed E-state index contributed by atoms with van der Waals surface area (Å²) in [6, 6.07) is 6.33. The Hall–Kier alpha value is -2.14. The van der Waals surface area contributed by atoms with Crippen LogP contribution in [0.1, 0.15) is 26.3 Å². The minimum atomic E-state index is -1.23. The molecule has 18 heavy (non-hydrogen) atoms. The molecule has 0 fully saturated rings. The third kappa shape index (κ3) is 2.12. The summed E-state index contributed by atoms with van der Waals surface area (Å²) in [5.41, 5.74) is 1.12. The molecule has 4 nitrogen and oxygen atoms in total. The van der Waals surface area contributed by atoms with Crippen molar-refractivity contribution in [2.45, 2.75) is 6.92 Å². The fourth-order valence-electron chi connectivity index (χ4n) is 1.74. The van der Waals surface area contributed by atoms with E-state index in [4.69, 9.17) is 5.11 Å². The highest BCUT2D eigenvalue weighted by Crippen LogP contribution is 2.31. The van der Waals surface area contributed by atoms with E-state index in [-0.39, 0.29) is 11.1 Å². The third-order valence-electron chi connectivity index (χ3n) is 2.50. The van der Waals surface area contributed by atoms with E-state index >= 15 is 0 Å². The average molecular weight is 262 g/mol. The minimum absolute atomic E-state index is 0.160. The highest BCUT2D eigenvalue weighted by Gasteiger charge is 2.21. The van der Waals surface area contributed by atoms with Crippen LogP contribution in [0.5, 0.6) is 0 Å². The second-order valence-corrected chi connectivity index (χ2v) is 4.74. The van der Waals surface area contributed by atoms with E-state index in [1.165, 1.54) is 17.4 Å². The van der Waals surface area contributed by atoms with Crippen LogP contribution in [0.15, 0.2) is 29.6 Å². The van der Waals surface area contributed by atoms with E-state index in [0.29, 0.717) is 5.56 Å². The lowest BCUT2D eigenvalue weighted by atomic mass is 9.99. The number of carboxylic acids is 2. The molecule has 0 amide bonds. The Labute approximate surface area is 107 Å². The van der Waals surface area contributed by atoms with Crippen LogP contribution in [0, 0.1) is 6.92 Å². The second-order valence-electron chi connectivity index (χ2n) is 3.83. The van der Waals surface area contributed by atoms with E-state index in [0.717, 1.165) is 10.4 Å². The quantitative estimate of drug-likeness (QED) is 0.891. The number of hydrogen-bond acceptors (Lipinski definition) is 3. The molecule has 0 aliphatic rings. The molecule has 0 aliphatic carbocycles. The van der Waals surface area contributed by atoms with Crippen LogP contribution in [0.4, 0.5) is 0 Å². The van der Waals surface area contributed by atoms with Gasteiger partial charge in [-0.1, -0.05) is 12.1 Å². The number of hydrogen-bond donors (Lipinski definition) is 2. The van der Waals surface area contributed by atoms with Crippen molar-refractivity contribution in [3.63, 3.8) is 0 Å². The van der Waals surface area contributed by atoms with Gasteiger partial charge in [0.2, 0.25) is 0 Å². The number of carboxylic acid groups (broad SMARTS) is 2. The molecular weight excluding hydrogens is 252 g/mol. The molecular formula is C13H10O4S. The average Bonchev–Trinajstić information content (AvgIpc) is 2.74. The molecule has 0 radical (unpaired) electrons. The van der Waals surface area contributed by atoms with Crippen LogP contribution in [-0.2, 0) is 0 Å². The summed E-state index contributed by atoms with van der Waals surface area (Å²) in [5, 5.41) is 20.1. The fraction of sp³-hybridized carbons (Fsp3) is 0.0769. The molecule has 0 unspecified atom stereocenters. The molecule has 0 bridgehead atoms. The fourth-order valence-corrected chi connectivity index (χ4v) is 2.67. The molecule has 0 spiro atoms. The molecule has 2 rings (SSSR count). The summed E-state index contributed by atoms with van der Waals surface area (Å²) in [5.74, 6) is -2.46. The van der Waals surface area contributed by atoms with E-state index in [9.17, 15) is 14.7 Å². The van der Waals surface area contributed by atoms with Crippen LogP contribution in [0.3, 0.4) is 0 Å². The summed E-state index contributed by atoms with van der Waals surface area (Å²) in [7, 11) is 0. The first kappa shape index (κ1) is 12.3. The summed E-state index contributed by atoms with van der Waals surface area (Å²) < 4.78 is 0. The van der Waals surface area contributed by atoms with Gasteiger partial charge in [0.05, 0.1) is 11.1 Å². The molecule has 1 aromatic carbocycles. The maximum Gasteiger partial charge on any atom is 0.337 e. The summed E-state index contributed by atoms with van der Waals surface area (Å²) in [4.78, 5) is 23.1. The lowest BCUT2D eigenvalue weighted by molar-refractivity contribution is 0.0652. The van der Waals surface area contributed by atoms with Gasteiger partial charge in [-0.05, 0) is 30.0 Å². The Morgan fingerprint density at radius 1 is 1.17 bits per heavy atom. The Morgan fingerprint density at radius 2 is 1.89 bits per heavy atom. The Morgan fingerprint density at radius 3 is 2.39 bits per heavy atom. The first-order valence-corrected chi connectivity index (χ1v) is 6.03. The van der Waals surface area contributed by atoms with Gasteiger partial charge in [0.15, 0.2) is 0 Å². The maximum absolute atomic E-state index is 11.3. The van der Waals surface area contributed by atoms with Crippen molar-refractivity contribution < 1.29 is 19.8 Å². The zero-order valence-electron chi connectivity index (χ0n) is 9.51. The Kier molecular flexibility index (Phi) is 3.16. The van der Waals surface area contributed by atoms with Gasteiger partial charge in [0, 0.05) is 10.4 Å². The number of rotatable bonds is 3. The van der Waals surface area contributed by atoms with Gasteiger partial charge in [-0.15, -0.1) is 11.3 Å². The Bertz CT molecular complexity index is 628. The first-order valence-electron chi connectivity index (χ1n) is 5.16. The van der Waals surface area contributed by atoms with Crippen molar-refractivity contribution in [1.29, 1.82) is 0 Å². The molecule has 0 saturated carbocycles. The molecule has 1 aromatic heterocycles. The van der Waals surface area contributed by atoms with Gasteiger partial charge in [0.1, 0.15) is 0 Å². The van der Waals surface area contributed by atoms with E-state index in [1.807, 2.05) is 18.4 Å². The molecule has 2 aromatic rings. The highest BCUT2D eigenvalue weighted by atomic mass is 32.1. The van der Waals surface area contributed by atoms with Crippen molar-refractivity contribution in [1.82, 2.24) is 0 Å². The standard InChI is InChI=1S/C13H10O4S/c1-7-5-10(18-6-7)8-3-2-4-9(12(14)15)11(8)13(16)17/h2-6H,1H3,(H,14,15)(H,16,17). The smallest absolute Gasteiger partial charge is 0.337 e. The van der Waals surface area contributed by atoms with Crippen molar-refractivity contribution >= 4 is 23.3 Å². The molecule has 92 valence electrons. The lowest BCUT2D eigenvalue weighted by Crippen LogP contribution is -2.09. The lowest BCUT2D eigenvalue weighted by Gasteiger charge is -2.07. The first-order chi connectivity index (χ1) is 8.50. The zero-order valence-corrected chi connectivity index (χ0v) is 10.3. The van der Waals surface area contributed by atoms with E-state index < -0.39 is 11.9 Å². The van der Waals surface area contributed by atoms with Gasteiger partial charge >= 0.3 is 11.9 Å². The predicted molar refractivity (Wildman–Crippen MR) is 68.4 cm³/mol. The topological polar surface area (TPSA) is 74.6 Å². The van der Waals surface area contributed by atoms with Crippen LogP contribution in [0.25, 0.3) is 10.4 Å². The SMILES string of the molecule is Cc1csc(-c2cccc(C(=O)O)c2C(=O)O)c1. The van der Waals surface area contributed by atoms with Crippen molar-refractivity contribution in [2.75, 3.05) is 0 Å². The van der Waals surface area contributed by atoms with Gasteiger partial charge in [-0.25, -0.2) is 9.59 Å². The van der Waals surface area contributed by atoms with Crippen molar-refractivity contribution in [3.05, 3.63) is 46.3 Å². The minimum Gasteiger partial charge on any atom is -0.478 e. The third-order valence-corrected chi connectivity index (χ3v) is 3.59. The number of carbonyl (C=O) groups is 2. The molecule has 2 N–H and O–H groups in total. The van der Waals surface area contributed by atoms with Crippen LogP contribution in [0.2, 0.25) is 0 Å². The summed E-state index contributed by atoms with van der Waals surface area (Å²) >= 11 is 1.40. The molecule has 0 aliphatic heterocycles. The molecule has 0 atom stereocenters. The van der Waals surface area contributed by atoms with Gasteiger partial charge in [-0.3, -0.25) is 0 Å². The largest absolute Gasteiger partial charge is 0.478 e. The van der Waals surface area contributed by atoms with Crippen molar-refractivity contribution in [2.24, 2.45) is 0 Å². The number of aromatic carboxylic acids is 2. The molecule has 0 saturated heterocycles. The van der Waals surface area contributed by atoms with Gasteiger partial charge in [-0.2, -0.15) is 0 Å². The number of aryl methyl sites for hydroxylation is 1. The predicted octanol–water partition coefficient (Wildman–Crippen LogP) is 3.12. The second kappa shape index (κ2) is 4.62. The van der Waals surface area contributed by atoms with Crippen molar-refractivity contribution in [3.8, 4) is 10.4 Å². The highest BCUT2D eigenvalue weighted by molar-refractivity contribution is 7.13. The van der Waals surface area contributed by atoms with Crippen LogP contribution >= 0.6 is 11.3 Å². The molecule has 1 heterocycles. The van der Waals surface area contributed by atoms with E-state index in [2.05, 4.69) is 0 Å². The Balaban J connectivity index is 2.71. The zero-order chi connectivity index (χ0) is 13.3. The summed E-state index contributed by atoms with van der Waals surface area (Å²) in [6.07, 6.45) is 0. The van der Waals surface area contributed by atoms with Crippen LogP contribution in [-0.4, -0.2) is 22.2 Å². The van der Waals surface area contributed by atoms with Crippen LogP contribution < -0.4 is 0 Å². The monoisotopic (exact) mass is 262 g/mol. The normalized spacial score (nSPS) is 10.3. The number of benzene rings is 1.